The zero-order valence-corrected chi connectivity index (χ0v) is 28.1. The molecule has 256 valence electrons. The van der Waals surface area contributed by atoms with E-state index in [4.69, 9.17) is 4.74 Å². The number of nitrogens with zero attached hydrogens (tertiary/aromatic N) is 3. The molecule has 2 aliphatic heterocycles. The molecule has 3 aromatic rings. The van der Waals surface area contributed by atoms with E-state index in [1.165, 1.54) is 24.3 Å². The van der Waals surface area contributed by atoms with Crippen LogP contribution in [0, 0.1) is 5.82 Å². The summed E-state index contributed by atoms with van der Waals surface area (Å²) >= 11 is 0. The van der Waals surface area contributed by atoms with Gasteiger partial charge in [0, 0.05) is 24.0 Å². The Morgan fingerprint density at radius 1 is 1.12 bits per heavy atom. The van der Waals surface area contributed by atoms with Crippen molar-refractivity contribution < 1.29 is 33.4 Å². The first kappa shape index (κ1) is 36.0. The van der Waals surface area contributed by atoms with E-state index in [0.717, 1.165) is 36.9 Å². The van der Waals surface area contributed by atoms with Crippen molar-refractivity contribution in [3.05, 3.63) is 77.2 Å². The summed E-state index contributed by atoms with van der Waals surface area (Å²) in [7, 11) is 1.96. The van der Waals surface area contributed by atoms with Crippen LogP contribution in [0.25, 0.3) is 16.5 Å². The van der Waals surface area contributed by atoms with E-state index >= 15 is 0 Å². The van der Waals surface area contributed by atoms with Crippen molar-refractivity contribution in [2.75, 3.05) is 33.2 Å². The van der Waals surface area contributed by atoms with Crippen molar-refractivity contribution in [1.82, 2.24) is 25.4 Å². The number of amides is 3. The molecule has 5 rings (SSSR count). The number of likely N-dealkylation sites (tertiary alicyclic amines) is 1. The largest absolute Gasteiger partial charge is 0.508 e. The highest BCUT2D eigenvalue weighted by molar-refractivity contribution is 5.95. The van der Waals surface area contributed by atoms with E-state index in [9.17, 15) is 28.7 Å². The third-order valence-corrected chi connectivity index (χ3v) is 8.08. The molecule has 0 saturated carbocycles. The summed E-state index contributed by atoms with van der Waals surface area (Å²) in [6, 6.07) is 12.2. The lowest BCUT2D eigenvalue weighted by Crippen LogP contribution is -2.42. The summed E-state index contributed by atoms with van der Waals surface area (Å²) in [5, 5.41) is 16.5. The molecule has 3 amide bonds. The molecule has 0 spiro atoms. The Labute approximate surface area is 280 Å². The molecule has 2 aliphatic rings. The Bertz CT molecular complexity index is 1690. The van der Waals surface area contributed by atoms with Gasteiger partial charge >= 0.3 is 6.09 Å². The van der Waals surface area contributed by atoms with E-state index in [-0.39, 0.29) is 47.9 Å². The van der Waals surface area contributed by atoms with E-state index < -0.39 is 11.5 Å². The first-order chi connectivity index (χ1) is 22.8. The lowest BCUT2D eigenvalue weighted by molar-refractivity contribution is -0.125. The maximum absolute atomic E-state index is 12.9. The van der Waals surface area contributed by atoms with Crippen molar-refractivity contribution in [1.29, 1.82) is 0 Å². The highest BCUT2D eigenvalue weighted by Gasteiger charge is 2.29. The number of aromatic hydroxyl groups is 1. The number of phenols is 1. The van der Waals surface area contributed by atoms with Gasteiger partial charge in [-0.25, -0.2) is 14.2 Å². The number of rotatable bonds is 7. The predicted molar refractivity (Wildman–Crippen MR) is 181 cm³/mol. The van der Waals surface area contributed by atoms with Crippen molar-refractivity contribution in [3.63, 3.8) is 0 Å². The van der Waals surface area contributed by atoms with Gasteiger partial charge in [0.1, 0.15) is 29.1 Å². The maximum atomic E-state index is 12.9. The second-order valence-electron chi connectivity index (χ2n) is 13.0. The first-order valence-corrected chi connectivity index (χ1v) is 16.0. The van der Waals surface area contributed by atoms with Crippen LogP contribution in [-0.4, -0.2) is 89.0 Å². The van der Waals surface area contributed by atoms with Crippen LogP contribution in [0.5, 0.6) is 5.75 Å². The summed E-state index contributed by atoms with van der Waals surface area (Å²) in [6.07, 6.45) is 5.01. The molecule has 1 aromatic heterocycles. The molecule has 11 nitrogen and oxygen atoms in total. The van der Waals surface area contributed by atoms with E-state index in [2.05, 4.69) is 26.6 Å². The van der Waals surface area contributed by atoms with Gasteiger partial charge in [-0.05, 0) is 108 Å². The average Bonchev–Trinajstić information content (AvgIpc) is 3.49. The van der Waals surface area contributed by atoms with Crippen molar-refractivity contribution in [3.8, 4) is 5.75 Å². The lowest BCUT2D eigenvalue weighted by atomic mass is 9.96. The fourth-order valence-electron chi connectivity index (χ4n) is 5.61. The first-order valence-electron chi connectivity index (χ1n) is 16.0. The Kier molecular flexibility index (Phi) is 11.9. The van der Waals surface area contributed by atoms with Gasteiger partial charge in [0.2, 0.25) is 5.91 Å². The zero-order valence-electron chi connectivity index (χ0n) is 28.1. The number of nitrogens with one attached hydrogen (secondary N) is 2. The number of hydrogen-bond donors (Lipinski definition) is 3. The number of carbonyl (C=O) groups is 4. The minimum atomic E-state index is -0.537. The molecule has 0 aliphatic carbocycles. The quantitative estimate of drug-likeness (QED) is 0.301. The van der Waals surface area contributed by atoms with Gasteiger partial charge in [-0.2, -0.15) is 0 Å². The molecule has 1 fully saturated rings. The van der Waals surface area contributed by atoms with Crippen LogP contribution in [0.4, 0.5) is 9.18 Å². The third-order valence-electron chi connectivity index (χ3n) is 8.08. The van der Waals surface area contributed by atoms with E-state index in [1.54, 1.807) is 17.0 Å². The predicted octanol–water partition coefficient (Wildman–Crippen LogP) is 4.99. The molecule has 3 heterocycles. The maximum Gasteiger partial charge on any atom is 0.410 e. The van der Waals surface area contributed by atoms with Gasteiger partial charge in [0.05, 0.1) is 24.1 Å². The van der Waals surface area contributed by atoms with Gasteiger partial charge < -0.3 is 30.2 Å². The summed E-state index contributed by atoms with van der Waals surface area (Å²) in [5.74, 6) is -0.636. The second kappa shape index (κ2) is 15.8. The van der Waals surface area contributed by atoms with Crippen molar-refractivity contribution >= 4 is 40.7 Å². The SMILES string of the molecule is C[C@H](NC(=O)C1CCCN1C)c1cc(C2=CCCN(C(=O)OC(C)(C)C)C2)ccc1O.O=CCNC(=O)c1ccc2cc(F)ccc2n1. The monoisotopic (exact) mass is 661 g/mol. The standard InChI is InChI=1S/C24H35N3O4.C12H9FN2O2/c1-16(25-22(29)20-9-7-12-26(20)5)19-14-17(10-11-21(19)28)18-8-6-13-27(15-18)23(30)31-24(2,3)4;13-9-2-4-10-8(7-9)1-3-11(15-10)12(17)14-5-6-16/h8,10-11,14,16,20,28H,6-7,9,12-13,15H2,1-5H3,(H,25,29);1-4,6-7H,5H2,(H,14,17)/t16-,20?;/m0./s1. The van der Waals surface area contributed by atoms with Gasteiger partial charge in [0.15, 0.2) is 0 Å². The minimum Gasteiger partial charge on any atom is -0.508 e. The Morgan fingerprint density at radius 3 is 2.58 bits per heavy atom. The van der Waals surface area contributed by atoms with Gasteiger partial charge in [-0.15, -0.1) is 0 Å². The third kappa shape index (κ3) is 9.60. The molecular formula is C36H44FN5O6. The molecule has 12 heteroatoms. The highest BCUT2D eigenvalue weighted by atomic mass is 19.1. The summed E-state index contributed by atoms with van der Waals surface area (Å²) in [6.45, 7) is 9.40. The molecule has 1 unspecified atom stereocenters. The van der Waals surface area contributed by atoms with Crippen LogP contribution in [0.1, 0.15) is 74.6 Å². The Hall–Kier alpha value is -4.84. The smallest absolute Gasteiger partial charge is 0.410 e. The number of benzene rings is 2. The fourth-order valence-corrected chi connectivity index (χ4v) is 5.61. The number of carbonyl (C=O) groups excluding carboxylic acids is 4. The molecular weight excluding hydrogens is 617 g/mol. The summed E-state index contributed by atoms with van der Waals surface area (Å²) in [5.41, 5.74) is 2.80. The van der Waals surface area contributed by atoms with Crippen molar-refractivity contribution in [2.24, 2.45) is 0 Å². The molecule has 3 N–H and O–H groups in total. The number of halogens is 1. The Morgan fingerprint density at radius 2 is 1.90 bits per heavy atom. The number of fused-ring (bicyclic) bond motifs is 1. The number of hydrogen-bond acceptors (Lipinski definition) is 8. The van der Waals surface area contributed by atoms with Gasteiger partial charge in [-0.1, -0.05) is 18.2 Å². The molecule has 1 saturated heterocycles. The average molecular weight is 662 g/mol. The summed E-state index contributed by atoms with van der Waals surface area (Å²) < 4.78 is 18.4. The van der Waals surface area contributed by atoms with Crippen LogP contribution in [-0.2, 0) is 14.3 Å². The normalized spacial score (nSPS) is 17.1. The van der Waals surface area contributed by atoms with Crippen LogP contribution < -0.4 is 10.6 Å². The number of aldehydes is 1. The zero-order chi connectivity index (χ0) is 35.0. The highest BCUT2D eigenvalue weighted by Crippen LogP contribution is 2.30. The minimum absolute atomic E-state index is 0.00899. The van der Waals surface area contributed by atoms with Gasteiger partial charge in [-0.3, -0.25) is 14.5 Å². The number of ether oxygens (including phenoxy) is 1. The van der Waals surface area contributed by atoms with E-state index in [0.29, 0.717) is 35.8 Å². The van der Waals surface area contributed by atoms with Crippen LogP contribution in [0.3, 0.4) is 0 Å². The number of pyridine rings is 1. The molecule has 2 atom stereocenters. The lowest BCUT2D eigenvalue weighted by Gasteiger charge is -2.30. The van der Waals surface area contributed by atoms with Gasteiger partial charge in [0.25, 0.3) is 5.91 Å². The molecule has 2 aromatic carbocycles. The second-order valence-corrected chi connectivity index (χ2v) is 13.0. The van der Waals surface area contributed by atoms with E-state index in [1.807, 2.05) is 46.9 Å². The number of aromatic nitrogens is 1. The van der Waals surface area contributed by atoms with Crippen LogP contribution >= 0.6 is 0 Å². The molecule has 0 bridgehead atoms. The van der Waals surface area contributed by atoms with Crippen LogP contribution in [0.2, 0.25) is 0 Å². The molecule has 0 radical (unpaired) electrons. The topological polar surface area (TPSA) is 141 Å². The fraction of sp³-hybridized carbons (Fsp3) is 0.417. The molecule has 48 heavy (non-hydrogen) atoms. The number of phenolic OH excluding ortho intramolecular Hbond substituents is 1. The Balaban J connectivity index is 0.000000257. The van der Waals surface area contributed by atoms with Crippen LogP contribution in [0.15, 0.2) is 54.6 Å². The van der Waals surface area contributed by atoms with Crippen molar-refractivity contribution in [2.45, 2.75) is 64.6 Å². The number of likely N-dealkylation sites (N-methyl/N-ethyl adjacent to an activating group) is 1. The summed E-state index contributed by atoms with van der Waals surface area (Å²) in [4.78, 5) is 54.6.